The van der Waals surface area contributed by atoms with Crippen LogP contribution < -0.4 is 5.32 Å². The van der Waals surface area contributed by atoms with Crippen molar-refractivity contribution in [3.63, 3.8) is 0 Å². The smallest absolute Gasteiger partial charge is 0.124 e. The number of aryl methyl sites for hydroxylation is 1. The Kier molecular flexibility index (Phi) is 4.89. The number of halogens is 1. The standard InChI is InChI=1S/C16H21FN2S/c1-5-18-9-14-15(10(2)3)19-16(20-14)12-6-11(4)7-13(17)8-12/h6-8,10,18H,5,9H2,1-4H3. The molecule has 0 fully saturated rings. The lowest BCUT2D eigenvalue weighted by atomic mass is 10.1. The number of hydrogen-bond donors (Lipinski definition) is 1. The molecular weight excluding hydrogens is 271 g/mol. The molecule has 2 rings (SSSR count). The first kappa shape index (κ1) is 15.1. The van der Waals surface area contributed by atoms with Gasteiger partial charge in [0.25, 0.3) is 0 Å². The predicted molar refractivity (Wildman–Crippen MR) is 83.7 cm³/mol. The van der Waals surface area contributed by atoms with Gasteiger partial charge in [0.15, 0.2) is 0 Å². The van der Waals surface area contributed by atoms with Crippen LogP contribution in [-0.2, 0) is 6.54 Å². The molecule has 0 atom stereocenters. The van der Waals surface area contributed by atoms with Crippen LogP contribution in [0, 0.1) is 12.7 Å². The van der Waals surface area contributed by atoms with Crippen LogP contribution in [0.5, 0.6) is 0 Å². The number of rotatable bonds is 5. The molecule has 1 aromatic carbocycles. The molecule has 1 N–H and O–H groups in total. The third kappa shape index (κ3) is 3.44. The summed E-state index contributed by atoms with van der Waals surface area (Å²) in [5.41, 5.74) is 2.92. The van der Waals surface area contributed by atoms with E-state index in [-0.39, 0.29) is 5.82 Å². The lowest BCUT2D eigenvalue weighted by Gasteiger charge is -2.04. The van der Waals surface area contributed by atoms with E-state index in [0.29, 0.717) is 5.92 Å². The number of nitrogens with zero attached hydrogens (tertiary/aromatic N) is 1. The van der Waals surface area contributed by atoms with Gasteiger partial charge in [-0.25, -0.2) is 9.37 Å². The van der Waals surface area contributed by atoms with Crippen LogP contribution in [0.3, 0.4) is 0 Å². The van der Waals surface area contributed by atoms with Gasteiger partial charge in [0, 0.05) is 17.0 Å². The highest BCUT2D eigenvalue weighted by Gasteiger charge is 2.15. The highest BCUT2D eigenvalue weighted by atomic mass is 32.1. The Hall–Kier alpha value is -1.26. The zero-order valence-electron chi connectivity index (χ0n) is 12.5. The normalized spacial score (nSPS) is 11.3. The van der Waals surface area contributed by atoms with Crippen LogP contribution >= 0.6 is 11.3 Å². The summed E-state index contributed by atoms with van der Waals surface area (Å²) >= 11 is 1.66. The molecule has 0 aliphatic carbocycles. The lowest BCUT2D eigenvalue weighted by Crippen LogP contribution is -2.12. The fourth-order valence-corrected chi connectivity index (χ4v) is 3.34. The van der Waals surface area contributed by atoms with Crippen molar-refractivity contribution >= 4 is 11.3 Å². The van der Waals surface area contributed by atoms with Gasteiger partial charge in [-0.3, -0.25) is 0 Å². The Morgan fingerprint density at radius 2 is 2.05 bits per heavy atom. The maximum Gasteiger partial charge on any atom is 0.124 e. The van der Waals surface area contributed by atoms with Gasteiger partial charge in [-0.05, 0) is 43.1 Å². The first-order valence-electron chi connectivity index (χ1n) is 6.99. The highest BCUT2D eigenvalue weighted by molar-refractivity contribution is 7.15. The van der Waals surface area contributed by atoms with Gasteiger partial charge in [0.1, 0.15) is 10.8 Å². The van der Waals surface area contributed by atoms with Crippen LogP contribution in [0.25, 0.3) is 10.6 Å². The molecule has 2 aromatic rings. The van der Waals surface area contributed by atoms with Crippen molar-refractivity contribution < 1.29 is 4.39 Å². The molecule has 0 saturated heterocycles. The van der Waals surface area contributed by atoms with Crippen LogP contribution in [0.15, 0.2) is 18.2 Å². The van der Waals surface area contributed by atoms with Crippen molar-refractivity contribution in [2.45, 2.75) is 40.2 Å². The fourth-order valence-electron chi connectivity index (χ4n) is 2.16. The summed E-state index contributed by atoms with van der Waals surface area (Å²) in [6.07, 6.45) is 0. The molecule has 20 heavy (non-hydrogen) atoms. The van der Waals surface area contributed by atoms with Gasteiger partial charge < -0.3 is 5.32 Å². The van der Waals surface area contributed by atoms with Crippen LogP contribution in [0.2, 0.25) is 0 Å². The second-order valence-corrected chi connectivity index (χ2v) is 6.36. The maximum absolute atomic E-state index is 13.5. The van der Waals surface area contributed by atoms with Crippen molar-refractivity contribution in [3.05, 3.63) is 40.2 Å². The Labute approximate surface area is 124 Å². The first-order chi connectivity index (χ1) is 9.51. The maximum atomic E-state index is 13.5. The molecular formula is C16H21FN2S. The summed E-state index contributed by atoms with van der Waals surface area (Å²) in [5, 5.41) is 4.25. The van der Waals surface area contributed by atoms with Gasteiger partial charge >= 0.3 is 0 Å². The second-order valence-electron chi connectivity index (χ2n) is 5.28. The summed E-state index contributed by atoms with van der Waals surface area (Å²) < 4.78 is 13.5. The zero-order valence-corrected chi connectivity index (χ0v) is 13.3. The molecule has 0 spiro atoms. The Morgan fingerprint density at radius 3 is 2.65 bits per heavy atom. The third-order valence-corrected chi connectivity index (χ3v) is 4.22. The van der Waals surface area contributed by atoms with Crippen LogP contribution in [0.1, 0.15) is 42.8 Å². The Morgan fingerprint density at radius 1 is 1.30 bits per heavy atom. The SMILES string of the molecule is CCNCc1sc(-c2cc(C)cc(F)c2)nc1C(C)C. The summed E-state index contributed by atoms with van der Waals surface area (Å²) in [6, 6.07) is 5.09. The number of aromatic nitrogens is 1. The highest BCUT2D eigenvalue weighted by Crippen LogP contribution is 2.32. The molecule has 4 heteroatoms. The zero-order chi connectivity index (χ0) is 14.7. The van der Waals surface area contributed by atoms with E-state index in [1.165, 1.54) is 4.88 Å². The fraction of sp³-hybridized carbons (Fsp3) is 0.438. The van der Waals surface area contributed by atoms with Gasteiger partial charge in [-0.1, -0.05) is 20.8 Å². The van der Waals surface area contributed by atoms with Crippen molar-refractivity contribution in [1.82, 2.24) is 10.3 Å². The Bertz CT molecular complexity index is 570. The summed E-state index contributed by atoms with van der Waals surface area (Å²) in [6.45, 7) is 10.0. The Balaban J connectivity index is 2.41. The molecule has 0 radical (unpaired) electrons. The van der Waals surface area contributed by atoms with E-state index in [1.54, 1.807) is 23.5 Å². The minimum atomic E-state index is -0.200. The van der Waals surface area contributed by atoms with Crippen LogP contribution in [-0.4, -0.2) is 11.5 Å². The molecule has 1 heterocycles. The number of benzene rings is 1. The third-order valence-electron chi connectivity index (χ3n) is 3.10. The minimum absolute atomic E-state index is 0.200. The molecule has 0 aliphatic rings. The van der Waals surface area contributed by atoms with Crippen molar-refractivity contribution in [2.24, 2.45) is 0 Å². The summed E-state index contributed by atoms with van der Waals surface area (Å²) in [7, 11) is 0. The van der Waals surface area contributed by atoms with Crippen molar-refractivity contribution in [3.8, 4) is 10.6 Å². The molecule has 0 saturated carbocycles. The van der Waals surface area contributed by atoms with Crippen LogP contribution in [0.4, 0.5) is 4.39 Å². The van der Waals surface area contributed by atoms with E-state index in [9.17, 15) is 4.39 Å². The number of hydrogen-bond acceptors (Lipinski definition) is 3. The molecule has 2 nitrogen and oxygen atoms in total. The molecule has 1 aromatic heterocycles. The van der Waals surface area contributed by atoms with Gasteiger partial charge in [0.05, 0.1) is 5.69 Å². The van der Waals surface area contributed by atoms with E-state index in [4.69, 9.17) is 4.98 Å². The monoisotopic (exact) mass is 292 g/mol. The van der Waals surface area contributed by atoms with E-state index in [1.807, 2.05) is 13.0 Å². The van der Waals surface area contributed by atoms with E-state index < -0.39 is 0 Å². The number of nitrogens with one attached hydrogen (secondary N) is 1. The molecule has 108 valence electrons. The molecule has 0 amide bonds. The van der Waals surface area contributed by atoms with E-state index in [2.05, 4.69) is 26.1 Å². The summed E-state index contributed by atoms with van der Waals surface area (Å²) in [4.78, 5) is 5.98. The molecule has 0 bridgehead atoms. The van der Waals surface area contributed by atoms with Crippen molar-refractivity contribution in [1.29, 1.82) is 0 Å². The van der Waals surface area contributed by atoms with E-state index in [0.717, 1.165) is 34.9 Å². The lowest BCUT2D eigenvalue weighted by molar-refractivity contribution is 0.627. The second kappa shape index (κ2) is 6.46. The van der Waals surface area contributed by atoms with Gasteiger partial charge in [-0.2, -0.15) is 0 Å². The van der Waals surface area contributed by atoms with Gasteiger partial charge in [-0.15, -0.1) is 11.3 Å². The largest absolute Gasteiger partial charge is 0.312 e. The van der Waals surface area contributed by atoms with Crippen molar-refractivity contribution in [2.75, 3.05) is 6.54 Å². The topological polar surface area (TPSA) is 24.9 Å². The quantitative estimate of drug-likeness (QED) is 0.878. The van der Waals surface area contributed by atoms with Gasteiger partial charge in [0.2, 0.25) is 0 Å². The molecule has 0 unspecified atom stereocenters. The average Bonchev–Trinajstić information content (AvgIpc) is 2.79. The summed E-state index contributed by atoms with van der Waals surface area (Å²) in [5.74, 6) is 0.179. The number of thiazole rings is 1. The minimum Gasteiger partial charge on any atom is -0.312 e. The molecule has 0 aliphatic heterocycles. The average molecular weight is 292 g/mol. The van der Waals surface area contributed by atoms with E-state index >= 15 is 0 Å². The predicted octanol–water partition coefficient (Wildman–Crippen LogP) is 4.49. The first-order valence-corrected chi connectivity index (χ1v) is 7.80.